The van der Waals surface area contributed by atoms with Crippen molar-refractivity contribution in [1.29, 1.82) is 0 Å². The molecule has 1 saturated carbocycles. The van der Waals surface area contributed by atoms with Crippen molar-refractivity contribution in [2.75, 3.05) is 0 Å². The SMILES string of the molecule is NC(Cc1ccccc1)C(O)c1cncn1C1CC1. The lowest BCUT2D eigenvalue weighted by molar-refractivity contribution is 0.137. The van der Waals surface area contributed by atoms with Crippen molar-refractivity contribution in [3.63, 3.8) is 0 Å². The molecule has 0 saturated heterocycles. The van der Waals surface area contributed by atoms with E-state index in [1.165, 1.54) is 12.8 Å². The van der Waals surface area contributed by atoms with Crippen LogP contribution in [0.2, 0.25) is 0 Å². The van der Waals surface area contributed by atoms with E-state index in [2.05, 4.69) is 9.55 Å². The third kappa shape index (κ3) is 2.69. The van der Waals surface area contributed by atoms with Gasteiger partial charge in [0.25, 0.3) is 0 Å². The zero-order valence-corrected chi connectivity index (χ0v) is 10.8. The first-order valence-corrected chi connectivity index (χ1v) is 6.75. The molecule has 2 atom stereocenters. The van der Waals surface area contributed by atoms with Crippen LogP contribution in [0.4, 0.5) is 0 Å². The van der Waals surface area contributed by atoms with Crippen LogP contribution in [-0.4, -0.2) is 20.7 Å². The second-order valence-electron chi connectivity index (χ2n) is 5.26. The Balaban J connectivity index is 1.72. The first-order chi connectivity index (χ1) is 9.25. The second kappa shape index (κ2) is 5.15. The van der Waals surface area contributed by atoms with Crippen LogP contribution in [0.1, 0.15) is 36.2 Å². The lowest BCUT2D eigenvalue weighted by atomic mass is 10.0. The minimum atomic E-state index is -0.664. The van der Waals surface area contributed by atoms with E-state index >= 15 is 0 Å². The lowest BCUT2D eigenvalue weighted by Crippen LogP contribution is -2.31. The van der Waals surface area contributed by atoms with Crippen LogP contribution in [0.25, 0.3) is 0 Å². The second-order valence-corrected chi connectivity index (χ2v) is 5.26. The summed E-state index contributed by atoms with van der Waals surface area (Å²) >= 11 is 0. The van der Waals surface area contributed by atoms with Crippen LogP contribution in [-0.2, 0) is 6.42 Å². The minimum Gasteiger partial charge on any atom is -0.385 e. The van der Waals surface area contributed by atoms with Gasteiger partial charge >= 0.3 is 0 Å². The molecule has 0 aliphatic heterocycles. The van der Waals surface area contributed by atoms with Gasteiger partial charge in [-0.3, -0.25) is 0 Å². The number of nitrogens with two attached hydrogens (primary N) is 1. The highest BCUT2D eigenvalue weighted by Crippen LogP contribution is 2.37. The van der Waals surface area contributed by atoms with Crippen molar-refractivity contribution < 1.29 is 5.11 Å². The van der Waals surface area contributed by atoms with Crippen molar-refractivity contribution in [1.82, 2.24) is 9.55 Å². The van der Waals surface area contributed by atoms with E-state index in [1.54, 1.807) is 12.5 Å². The van der Waals surface area contributed by atoms with Crippen molar-refractivity contribution in [2.45, 2.75) is 37.5 Å². The molecule has 3 rings (SSSR count). The highest BCUT2D eigenvalue weighted by atomic mass is 16.3. The Kier molecular flexibility index (Phi) is 3.36. The molecule has 2 unspecified atom stereocenters. The molecular formula is C15H19N3O. The largest absolute Gasteiger partial charge is 0.385 e. The number of nitrogens with zero attached hydrogens (tertiary/aromatic N) is 2. The molecule has 4 nitrogen and oxygen atoms in total. The van der Waals surface area contributed by atoms with Gasteiger partial charge in [0, 0.05) is 12.1 Å². The Bertz CT molecular complexity index is 533. The van der Waals surface area contributed by atoms with Crippen LogP contribution in [0.15, 0.2) is 42.9 Å². The maximum atomic E-state index is 10.4. The zero-order valence-electron chi connectivity index (χ0n) is 10.8. The van der Waals surface area contributed by atoms with Crippen molar-refractivity contribution >= 4 is 0 Å². The average Bonchev–Trinajstić information content (AvgIpc) is 3.16. The van der Waals surface area contributed by atoms with E-state index in [4.69, 9.17) is 5.73 Å². The molecule has 0 spiro atoms. The summed E-state index contributed by atoms with van der Waals surface area (Å²) in [5.41, 5.74) is 8.12. The summed E-state index contributed by atoms with van der Waals surface area (Å²) in [6.07, 6.45) is 5.87. The Morgan fingerprint density at radius 1 is 1.32 bits per heavy atom. The molecule has 1 aromatic carbocycles. The van der Waals surface area contributed by atoms with Gasteiger partial charge in [0.2, 0.25) is 0 Å². The predicted molar refractivity (Wildman–Crippen MR) is 73.6 cm³/mol. The normalized spacial score (nSPS) is 18.2. The molecule has 0 amide bonds. The van der Waals surface area contributed by atoms with Crippen molar-refractivity contribution in [2.24, 2.45) is 5.73 Å². The number of imidazole rings is 1. The maximum absolute atomic E-state index is 10.4. The summed E-state index contributed by atoms with van der Waals surface area (Å²) in [6, 6.07) is 10.2. The molecule has 2 aromatic rings. The minimum absolute atomic E-state index is 0.309. The Morgan fingerprint density at radius 3 is 2.74 bits per heavy atom. The fourth-order valence-electron chi connectivity index (χ4n) is 2.42. The topological polar surface area (TPSA) is 64.1 Å². The van der Waals surface area contributed by atoms with Gasteiger partial charge in [-0.1, -0.05) is 30.3 Å². The third-order valence-electron chi connectivity index (χ3n) is 3.66. The van der Waals surface area contributed by atoms with Gasteiger partial charge in [0.1, 0.15) is 6.10 Å². The standard InChI is InChI=1S/C15H19N3O/c16-13(8-11-4-2-1-3-5-11)15(19)14-9-17-10-18(14)12-6-7-12/h1-5,9-10,12-13,15,19H,6-8,16H2. The van der Waals surface area contributed by atoms with Gasteiger partial charge < -0.3 is 15.4 Å². The van der Waals surface area contributed by atoms with E-state index < -0.39 is 6.10 Å². The molecule has 1 aliphatic carbocycles. The van der Waals surface area contributed by atoms with E-state index in [0.29, 0.717) is 12.5 Å². The Labute approximate surface area is 112 Å². The highest BCUT2D eigenvalue weighted by molar-refractivity contribution is 5.18. The molecule has 1 aromatic heterocycles. The quantitative estimate of drug-likeness (QED) is 0.858. The fourth-order valence-corrected chi connectivity index (χ4v) is 2.42. The average molecular weight is 257 g/mol. The van der Waals surface area contributed by atoms with Gasteiger partial charge in [-0.2, -0.15) is 0 Å². The summed E-state index contributed by atoms with van der Waals surface area (Å²) in [4.78, 5) is 4.14. The summed E-state index contributed by atoms with van der Waals surface area (Å²) in [5, 5.41) is 10.4. The number of hydrogen-bond donors (Lipinski definition) is 2. The number of benzene rings is 1. The van der Waals surface area contributed by atoms with Gasteiger partial charge in [-0.05, 0) is 24.8 Å². The fraction of sp³-hybridized carbons (Fsp3) is 0.400. The molecule has 3 N–H and O–H groups in total. The Hall–Kier alpha value is -1.65. The number of rotatable bonds is 5. The number of aliphatic hydroxyl groups is 1. The zero-order chi connectivity index (χ0) is 13.2. The van der Waals surface area contributed by atoms with Crippen LogP contribution in [0, 0.1) is 0 Å². The van der Waals surface area contributed by atoms with Crippen molar-refractivity contribution in [3.05, 3.63) is 54.1 Å². The van der Waals surface area contributed by atoms with Gasteiger partial charge in [0.05, 0.1) is 18.2 Å². The molecule has 0 radical (unpaired) electrons. The molecular weight excluding hydrogens is 238 g/mol. The number of aliphatic hydroxyl groups excluding tert-OH is 1. The van der Waals surface area contributed by atoms with E-state index in [-0.39, 0.29) is 6.04 Å². The van der Waals surface area contributed by atoms with Crippen molar-refractivity contribution in [3.8, 4) is 0 Å². The van der Waals surface area contributed by atoms with E-state index in [9.17, 15) is 5.11 Å². The molecule has 1 aliphatic rings. The summed E-state index contributed by atoms with van der Waals surface area (Å²) in [7, 11) is 0. The molecule has 100 valence electrons. The lowest BCUT2D eigenvalue weighted by Gasteiger charge is -2.20. The van der Waals surface area contributed by atoms with Crippen LogP contribution < -0.4 is 5.73 Å². The first-order valence-electron chi connectivity index (χ1n) is 6.75. The van der Waals surface area contributed by atoms with Gasteiger partial charge in [0.15, 0.2) is 0 Å². The highest BCUT2D eigenvalue weighted by Gasteiger charge is 2.29. The summed E-state index contributed by atoms with van der Waals surface area (Å²) in [5.74, 6) is 0. The molecule has 1 fully saturated rings. The van der Waals surface area contributed by atoms with Crippen LogP contribution in [0.3, 0.4) is 0 Å². The summed E-state index contributed by atoms with van der Waals surface area (Å²) < 4.78 is 2.06. The number of hydrogen-bond acceptors (Lipinski definition) is 3. The molecule has 19 heavy (non-hydrogen) atoms. The van der Waals surface area contributed by atoms with E-state index in [0.717, 1.165) is 11.3 Å². The molecule has 1 heterocycles. The summed E-state index contributed by atoms with van der Waals surface area (Å²) in [6.45, 7) is 0. The maximum Gasteiger partial charge on any atom is 0.111 e. The molecule has 4 heteroatoms. The van der Waals surface area contributed by atoms with Crippen LogP contribution in [0.5, 0.6) is 0 Å². The predicted octanol–water partition coefficient (Wildman–Crippen LogP) is 1.82. The smallest absolute Gasteiger partial charge is 0.111 e. The third-order valence-corrected chi connectivity index (χ3v) is 3.66. The van der Waals surface area contributed by atoms with Gasteiger partial charge in [-0.15, -0.1) is 0 Å². The van der Waals surface area contributed by atoms with Crippen LogP contribution >= 0.6 is 0 Å². The van der Waals surface area contributed by atoms with E-state index in [1.807, 2.05) is 30.3 Å². The van der Waals surface area contributed by atoms with Gasteiger partial charge in [-0.25, -0.2) is 4.98 Å². The first kappa shape index (κ1) is 12.4. The molecule has 0 bridgehead atoms. The monoisotopic (exact) mass is 257 g/mol. The number of aromatic nitrogens is 2. The Morgan fingerprint density at radius 2 is 2.05 bits per heavy atom.